The number of alkyl halides is 3. The maximum atomic E-state index is 12.6. The Hall–Kier alpha value is -3.66. The fourth-order valence-corrected chi connectivity index (χ4v) is 4.23. The summed E-state index contributed by atoms with van der Waals surface area (Å²) in [7, 11) is 0. The van der Waals surface area contributed by atoms with Crippen LogP contribution < -0.4 is 4.74 Å². The second kappa shape index (κ2) is 11.4. The van der Waals surface area contributed by atoms with Gasteiger partial charge in [0, 0.05) is 23.1 Å². The molecule has 7 nitrogen and oxygen atoms in total. The number of carboxylic acid groups (broad SMARTS) is 2. The maximum absolute atomic E-state index is 12.6. The predicted octanol–water partition coefficient (Wildman–Crippen LogP) is 4.42. The first-order valence-corrected chi connectivity index (χ1v) is 11.3. The molecule has 4 rings (SSSR count). The number of fused-ring (bicyclic) bond motifs is 2. The van der Waals surface area contributed by atoms with Gasteiger partial charge >= 0.3 is 18.1 Å². The monoisotopic (exact) mass is 505 g/mol. The topological polar surface area (TPSA) is 104 Å². The Morgan fingerprint density at radius 3 is 2.25 bits per heavy atom. The molecular weight excluding hydrogens is 479 g/mol. The van der Waals surface area contributed by atoms with Crippen molar-refractivity contribution >= 4 is 23.8 Å². The molecule has 0 aliphatic carbocycles. The highest BCUT2D eigenvalue weighted by Crippen LogP contribution is 2.45. The lowest BCUT2D eigenvalue weighted by Crippen LogP contribution is -2.44. The zero-order chi connectivity index (χ0) is 26.3. The van der Waals surface area contributed by atoms with Gasteiger partial charge in [-0.25, -0.2) is 4.79 Å². The normalized spacial score (nSPS) is 16.6. The molecule has 1 fully saturated rings. The van der Waals surface area contributed by atoms with E-state index in [-0.39, 0.29) is 17.6 Å². The molecule has 2 N–H and O–H groups in total. The second-order valence-electron chi connectivity index (χ2n) is 8.68. The van der Waals surface area contributed by atoms with Crippen molar-refractivity contribution in [3.05, 3.63) is 71.3 Å². The Balaban J connectivity index is 0.000000454. The summed E-state index contributed by atoms with van der Waals surface area (Å²) in [6, 6.07) is 15.6. The van der Waals surface area contributed by atoms with Crippen LogP contribution in [0.15, 0.2) is 54.6 Å². The molecule has 0 aromatic heterocycles. The average molecular weight is 505 g/mol. The van der Waals surface area contributed by atoms with Crippen molar-refractivity contribution in [3.63, 3.8) is 0 Å². The van der Waals surface area contributed by atoms with E-state index < -0.39 is 18.1 Å². The molecule has 0 bridgehead atoms. The van der Waals surface area contributed by atoms with E-state index in [0.717, 1.165) is 37.2 Å². The van der Waals surface area contributed by atoms with Crippen molar-refractivity contribution in [2.24, 2.45) is 0 Å². The van der Waals surface area contributed by atoms with Gasteiger partial charge in [0.25, 0.3) is 0 Å². The summed E-state index contributed by atoms with van der Waals surface area (Å²) in [6.07, 6.45) is 0.414. The first kappa shape index (κ1) is 26.9. The Kier molecular flexibility index (Phi) is 8.52. The van der Waals surface area contributed by atoms with Gasteiger partial charge in [0.05, 0.1) is 13.0 Å². The number of ketones is 1. The van der Waals surface area contributed by atoms with Crippen LogP contribution in [0, 0.1) is 0 Å². The van der Waals surface area contributed by atoms with Gasteiger partial charge in [-0.2, -0.15) is 13.2 Å². The number of aliphatic carboxylic acids is 2. The fourth-order valence-electron chi connectivity index (χ4n) is 4.23. The number of hydrogen-bond donors (Lipinski definition) is 2. The second-order valence-corrected chi connectivity index (χ2v) is 8.68. The van der Waals surface area contributed by atoms with Crippen molar-refractivity contribution in [1.29, 1.82) is 0 Å². The Morgan fingerprint density at radius 1 is 1.03 bits per heavy atom. The van der Waals surface area contributed by atoms with Crippen LogP contribution in [0.25, 0.3) is 6.08 Å². The molecule has 2 aromatic rings. The van der Waals surface area contributed by atoms with Crippen LogP contribution in [0.4, 0.5) is 13.2 Å². The highest BCUT2D eigenvalue weighted by molar-refractivity contribution is 6.07. The van der Waals surface area contributed by atoms with E-state index >= 15 is 0 Å². The summed E-state index contributed by atoms with van der Waals surface area (Å²) >= 11 is 0. The number of rotatable bonds is 6. The zero-order valence-corrected chi connectivity index (χ0v) is 19.3. The quantitative estimate of drug-likeness (QED) is 0.443. The molecule has 2 aliphatic heterocycles. The lowest BCUT2D eigenvalue weighted by atomic mass is 9.74. The number of carbonyl (C=O) groups excluding carboxylic acids is 1. The highest BCUT2D eigenvalue weighted by atomic mass is 19.4. The summed E-state index contributed by atoms with van der Waals surface area (Å²) in [5, 5.41) is 16.0. The van der Waals surface area contributed by atoms with Crippen molar-refractivity contribution in [2.45, 2.75) is 30.9 Å². The number of benzene rings is 2. The lowest BCUT2D eigenvalue weighted by Gasteiger charge is -2.38. The number of nitrogens with zero attached hydrogens (tertiary/aromatic N) is 1. The van der Waals surface area contributed by atoms with E-state index in [1.165, 1.54) is 5.56 Å². The van der Waals surface area contributed by atoms with Gasteiger partial charge in [0.1, 0.15) is 5.75 Å². The molecule has 10 heteroatoms. The van der Waals surface area contributed by atoms with E-state index in [1.807, 2.05) is 54.6 Å². The van der Waals surface area contributed by atoms with Gasteiger partial charge in [-0.05, 0) is 43.6 Å². The number of carbonyl (C=O) groups is 3. The number of carboxylic acids is 2. The first-order chi connectivity index (χ1) is 17.0. The van der Waals surface area contributed by atoms with Crippen molar-refractivity contribution in [3.8, 4) is 5.75 Å². The minimum absolute atomic E-state index is 0.0173. The third-order valence-corrected chi connectivity index (χ3v) is 6.27. The Bertz CT molecular complexity index is 1120. The third-order valence-electron chi connectivity index (χ3n) is 6.27. The fraction of sp³-hybridized carbons (Fsp3) is 0.346. The van der Waals surface area contributed by atoms with Crippen LogP contribution in [-0.4, -0.2) is 65.3 Å². The van der Waals surface area contributed by atoms with Crippen LogP contribution in [0.2, 0.25) is 0 Å². The maximum Gasteiger partial charge on any atom is 0.490 e. The Labute approximate surface area is 205 Å². The van der Waals surface area contributed by atoms with Gasteiger partial charge in [-0.1, -0.05) is 48.5 Å². The molecule has 1 saturated heterocycles. The summed E-state index contributed by atoms with van der Waals surface area (Å²) in [5.41, 5.74) is 2.79. The largest absolute Gasteiger partial charge is 0.492 e. The average Bonchev–Trinajstić information content (AvgIpc) is 3.20. The summed E-state index contributed by atoms with van der Waals surface area (Å²) in [4.78, 5) is 34.5. The smallest absolute Gasteiger partial charge is 0.490 e. The molecule has 0 amide bonds. The third kappa shape index (κ3) is 6.94. The minimum Gasteiger partial charge on any atom is -0.492 e. The number of allylic oxidation sites excluding steroid dienone is 1. The van der Waals surface area contributed by atoms with Crippen LogP contribution >= 0.6 is 0 Å². The van der Waals surface area contributed by atoms with Crippen LogP contribution in [0.5, 0.6) is 5.75 Å². The van der Waals surface area contributed by atoms with Crippen LogP contribution in [-0.2, 0) is 15.0 Å². The van der Waals surface area contributed by atoms with E-state index in [2.05, 4.69) is 4.90 Å². The van der Waals surface area contributed by atoms with Crippen molar-refractivity contribution in [1.82, 2.24) is 4.90 Å². The van der Waals surface area contributed by atoms with Crippen LogP contribution in [0.1, 0.15) is 40.7 Å². The van der Waals surface area contributed by atoms with E-state index in [1.54, 1.807) is 6.08 Å². The number of hydrogen-bond acceptors (Lipinski definition) is 5. The number of halogens is 3. The SMILES string of the molecule is O=C(O)C(F)(F)F.O=C(O)CCN1CCC2(CC1)COc1cc(C(=O)/C=C/c3ccccc3)ccc12. The van der Waals surface area contributed by atoms with Crippen molar-refractivity contribution in [2.75, 3.05) is 26.2 Å². The van der Waals surface area contributed by atoms with Gasteiger partial charge in [0.15, 0.2) is 5.78 Å². The van der Waals surface area contributed by atoms with Gasteiger partial charge in [-0.3, -0.25) is 9.59 Å². The van der Waals surface area contributed by atoms with E-state index in [9.17, 15) is 22.8 Å². The Morgan fingerprint density at radius 2 is 1.67 bits per heavy atom. The van der Waals surface area contributed by atoms with Gasteiger partial charge < -0.3 is 19.8 Å². The predicted molar refractivity (Wildman–Crippen MR) is 125 cm³/mol. The van der Waals surface area contributed by atoms with E-state index in [4.69, 9.17) is 19.7 Å². The molecular formula is C26H26F3NO6. The summed E-state index contributed by atoms with van der Waals surface area (Å²) < 4.78 is 37.7. The first-order valence-electron chi connectivity index (χ1n) is 11.3. The molecule has 2 aliphatic rings. The molecule has 0 atom stereocenters. The minimum atomic E-state index is -5.08. The molecule has 192 valence electrons. The summed E-state index contributed by atoms with van der Waals surface area (Å²) in [5.74, 6) is -2.74. The molecule has 1 spiro atoms. The van der Waals surface area contributed by atoms with Gasteiger partial charge in [-0.15, -0.1) is 0 Å². The molecule has 0 radical (unpaired) electrons. The standard InChI is InChI=1S/C24H25NO4.C2HF3O2/c26-21(9-6-18-4-2-1-3-5-18)19-7-8-20-22(16-19)29-17-24(20)11-14-25(15-12-24)13-10-23(27)28;3-2(4,5)1(6)7/h1-9,16H,10-15,17H2,(H,27,28);(H,6,7)/b9-6+;. The number of ether oxygens (including phenoxy) is 1. The van der Waals surface area contributed by atoms with Crippen molar-refractivity contribution < 1.29 is 42.5 Å². The van der Waals surface area contributed by atoms with Gasteiger partial charge in [0.2, 0.25) is 0 Å². The number of piperidine rings is 1. The lowest BCUT2D eigenvalue weighted by molar-refractivity contribution is -0.192. The molecule has 2 heterocycles. The number of likely N-dealkylation sites (tertiary alicyclic amines) is 1. The highest BCUT2D eigenvalue weighted by Gasteiger charge is 2.43. The molecule has 0 unspecified atom stereocenters. The van der Waals surface area contributed by atoms with E-state index in [0.29, 0.717) is 18.7 Å². The molecule has 0 saturated carbocycles. The molecule has 36 heavy (non-hydrogen) atoms. The molecule has 2 aromatic carbocycles. The van der Waals surface area contributed by atoms with Crippen LogP contribution in [0.3, 0.4) is 0 Å². The zero-order valence-electron chi connectivity index (χ0n) is 19.3. The summed E-state index contributed by atoms with van der Waals surface area (Å²) in [6.45, 7) is 2.97.